The second kappa shape index (κ2) is 9.22. The summed E-state index contributed by atoms with van der Waals surface area (Å²) in [6.07, 6.45) is 5.13. The molecule has 0 aromatic heterocycles. The fourth-order valence-electron chi connectivity index (χ4n) is 3.58. The van der Waals surface area contributed by atoms with E-state index in [4.69, 9.17) is 4.74 Å². The van der Waals surface area contributed by atoms with Crippen LogP contribution in [0.15, 0.2) is 24.3 Å². The summed E-state index contributed by atoms with van der Waals surface area (Å²) in [6, 6.07) is 8.57. The van der Waals surface area contributed by atoms with Gasteiger partial charge in [0.1, 0.15) is 5.75 Å². The molecular formula is C21H31N3O3. The zero-order valence-corrected chi connectivity index (χ0v) is 16.4. The van der Waals surface area contributed by atoms with Gasteiger partial charge < -0.3 is 20.3 Å². The average molecular weight is 373 g/mol. The zero-order valence-electron chi connectivity index (χ0n) is 16.4. The number of nitrogens with one attached hydrogen (secondary N) is 2. The van der Waals surface area contributed by atoms with E-state index >= 15 is 0 Å². The summed E-state index contributed by atoms with van der Waals surface area (Å²) >= 11 is 0. The number of carbonyl (C=O) groups excluding carboxylic acids is 2. The number of hydrogen-bond acceptors (Lipinski definition) is 4. The van der Waals surface area contributed by atoms with Gasteiger partial charge in [-0.05, 0) is 43.4 Å². The van der Waals surface area contributed by atoms with Crippen molar-refractivity contribution in [2.75, 3.05) is 20.7 Å². The fraction of sp³-hybridized carbons (Fsp3) is 0.619. The van der Waals surface area contributed by atoms with Gasteiger partial charge in [0, 0.05) is 44.6 Å². The molecule has 2 N–H and O–H groups in total. The van der Waals surface area contributed by atoms with Crippen LogP contribution in [0.25, 0.3) is 0 Å². The lowest BCUT2D eigenvalue weighted by atomic mass is 9.96. The van der Waals surface area contributed by atoms with E-state index in [1.165, 1.54) is 0 Å². The molecule has 1 aliphatic heterocycles. The van der Waals surface area contributed by atoms with E-state index in [2.05, 4.69) is 16.7 Å². The topological polar surface area (TPSA) is 70.7 Å². The van der Waals surface area contributed by atoms with Crippen molar-refractivity contribution >= 4 is 11.8 Å². The monoisotopic (exact) mass is 373 g/mol. The molecule has 3 rings (SSSR count). The molecule has 148 valence electrons. The summed E-state index contributed by atoms with van der Waals surface area (Å²) < 4.78 is 5.28. The summed E-state index contributed by atoms with van der Waals surface area (Å²) in [5.41, 5.74) is 1.16. The highest BCUT2D eigenvalue weighted by Gasteiger charge is 2.30. The lowest BCUT2D eigenvalue weighted by molar-refractivity contribution is -0.135. The molecule has 0 bridgehead atoms. The van der Waals surface area contributed by atoms with Crippen molar-refractivity contribution in [3.8, 4) is 5.75 Å². The molecule has 27 heavy (non-hydrogen) atoms. The molecule has 0 radical (unpaired) electrons. The molecule has 0 spiro atoms. The standard InChI is InChI=1S/C21H31N3O3/c1-24-14-18(22-13-15-5-3-8-19(11-15)27-2)7-4-6-16(12-20(24)25)21(26)23-17-9-10-17/h3,5,8,11,16-18,22H,4,6-7,9-10,12-14H2,1-2H3,(H,23,26). The second-order valence-electron chi connectivity index (χ2n) is 7.82. The number of ether oxygens (including phenoxy) is 1. The van der Waals surface area contributed by atoms with E-state index in [-0.39, 0.29) is 23.8 Å². The number of rotatable bonds is 6. The quantitative estimate of drug-likeness (QED) is 0.801. The van der Waals surface area contributed by atoms with Gasteiger partial charge in [-0.15, -0.1) is 0 Å². The normalized spacial score (nSPS) is 23.9. The van der Waals surface area contributed by atoms with E-state index in [0.717, 1.165) is 50.0 Å². The maximum absolute atomic E-state index is 12.5. The van der Waals surface area contributed by atoms with Crippen LogP contribution in [0.5, 0.6) is 5.75 Å². The molecule has 1 aromatic carbocycles. The van der Waals surface area contributed by atoms with Gasteiger partial charge in [0.15, 0.2) is 0 Å². The van der Waals surface area contributed by atoms with E-state index < -0.39 is 0 Å². The Morgan fingerprint density at radius 2 is 2.04 bits per heavy atom. The van der Waals surface area contributed by atoms with Crippen molar-refractivity contribution in [2.24, 2.45) is 5.92 Å². The van der Waals surface area contributed by atoms with Crippen LogP contribution in [0.3, 0.4) is 0 Å². The molecule has 1 aliphatic carbocycles. The predicted molar refractivity (Wildman–Crippen MR) is 104 cm³/mol. The maximum Gasteiger partial charge on any atom is 0.223 e. The average Bonchev–Trinajstić information content (AvgIpc) is 3.47. The van der Waals surface area contributed by atoms with Crippen LogP contribution in [-0.2, 0) is 16.1 Å². The summed E-state index contributed by atoms with van der Waals surface area (Å²) in [7, 11) is 3.50. The third kappa shape index (κ3) is 5.96. The van der Waals surface area contributed by atoms with Gasteiger partial charge in [-0.3, -0.25) is 9.59 Å². The van der Waals surface area contributed by atoms with E-state index in [9.17, 15) is 9.59 Å². The van der Waals surface area contributed by atoms with Gasteiger partial charge in [0.2, 0.25) is 11.8 Å². The number of methoxy groups -OCH3 is 1. The Labute approximate surface area is 161 Å². The first kappa shape index (κ1) is 19.7. The lowest BCUT2D eigenvalue weighted by Gasteiger charge is -2.24. The molecule has 1 aromatic rings. The smallest absolute Gasteiger partial charge is 0.223 e. The molecule has 2 amide bonds. The molecule has 2 atom stereocenters. The fourth-order valence-corrected chi connectivity index (χ4v) is 3.58. The third-order valence-electron chi connectivity index (χ3n) is 5.47. The summed E-state index contributed by atoms with van der Waals surface area (Å²) in [4.78, 5) is 26.7. The van der Waals surface area contributed by atoms with Crippen molar-refractivity contribution < 1.29 is 14.3 Å². The Hall–Kier alpha value is -2.08. The number of nitrogens with zero attached hydrogens (tertiary/aromatic N) is 1. The number of benzene rings is 1. The Bertz CT molecular complexity index is 660. The van der Waals surface area contributed by atoms with Gasteiger partial charge in [-0.25, -0.2) is 0 Å². The molecule has 1 saturated heterocycles. The van der Waals surface area contributed by atoms with E-state index in [0.29, 0.717) is 19.0 Å². The third-order valence-corrected chi connectivity index (χ3v) is 5.47. The maximum atomic E-state index is 12.5. The van der Waals surface area contributed by atoms with Crippen LogP contribution >= 0.6 is 0 Å². The van der Waals surface area contributed by atoms with E-state index in [1.807, 2.05) is 25.2 Å². The first-order valence-electron chi connectivity index (χ1n) is 9.96. The largest absolute Gasteiger partial charge is 0.497 e. The minimum atomic E-state index is -0.197. The number of carbonyl (C=O) groups is 2. The summed E-state index contributed by atoms with van der Waals surface area (Å²) in [6.45, 7) is 1.40. The van der Waals surface area contributed by atoms with Crippen LogP contribution in [-0.4, -0.2) is 49.5 Å². The highest BCUT2D eigenvalue weighted by atomic mass is 16.5. The van der Waals surface area contributed by atoms with Gasteiger partial charge in [-0.1, -0.05) is 18.6 Å². The number of likely N-dealkylation sites (N-methyl/N-ethyl adjacent to an activating group) is 1. The second-order valence-corrected chi connectivity index (χ2v) is 7.82. The van der Waals surface area contributed by atoms with Crippen molar-refractivity contribution in [3.63, 3.8) is 0 Å². The Balaban J connectivity index is 1.56. The summed E-state index contributed by atoms with van der Waals surface area (Å²) in [5, 5.41) is 6.63. The van der Waals surface area contributed by atoms with Gasteiger partial charge >= 0.3 is 0 Å². The van der Waals surface area contributed by atoms with Crippen molar-refractivity contribution in [2.45, 2.75) is 57.2 Å². The molecular weight excluding hydrogens is 342 g/mol. The first-order valence-corrected chi connectivity index (χ1v) is 9.96. The van der Waals surface area contributed by atoms with Crippen molar-refractivity contribution in [1.29, 1.82) is 0 Å². The van der Waals surface area contributed by atoms with Gasteiger partial charge in [0.05, 0.1) is 7.11 Å². The van der Waals surface area contributed by atoms with Crippen LogP contribution in [0.2, 0.25) is 0 Å². The Morgan fingerprint density at radius 3 is 2.78 bits per heavy atom. The van der Waals surface area contributed by atoms with Crippen LogP contribution < -0.4 is 15.4 Å². The van der Waals surface area contributed by atoms with Gasteiger partial charge in [0.25, 0.3) is 0 Å². The molecule has 2 fully saturated rings. The number of amides is 2. The van der Waals surface area contributed by atoms with E-state index in [1.54, 1.807) is 12.0 Å². The molecule has 1 saturated carbocycles. The predicted octanol–water partition coefficient (Wildman–Crippen LogP) is 2.08. The Morgan fingerprint density at radius 1 is 1.22 bits per heavy atom. The lowest BCUT2D eigenvalue weighted by Crippen LogP contribution is -2.42. The molecule has 6 heteroatoms. The van der Waals surface area contributed by atoms with Crippen LogP contribution in [0.4, 0.5) is 0 Å². The summed E-state index contributed by atoms with van der Waals surface area (Å²) in [5.74, 6) is 0.765. The van der Waals surface area contributed by atoms with Gasteiger partial charge in [-0.2, -0.15) is 0 Å². The highest BCUT2D eigenvalue weighted by Crippen LogP contribution is 2.23. The molecule has 2 aliphatic rings. The molecule has 6 nitrogen and oxygen atoms in total. The van der Waals surface area contributed by atoms with Crippen LogP contribution in [0, 0.1) is 5.92 Å². The first-order chi connectivity index (χ1) is 13.0. The van der Waals surface area contributed by atoms with Crippen LogP contribution in [0.1, 0.15) is 44.1 Å². The zero-order chi connectivity index (χ0) is 19.2. The number of hydrogen-bond donors (Lipinski definition) is 2. The Kier molecular flexibility index (Phi) is 6.72. The molecule has 1 heterocycles. The highest BCUT2D eigenvalue weighted by molar-refractivity contribution is 5.86. The minimum absolute atomic E-state index is 0.0565. The molecule has 2 unspecified atom stereocenters. The minimum Gasteiger partial charge on any atom is -0.497 e. The SMILES string of the molecule is COc1cccc(CNC2CCCC(C(=O)NC3CC3)CC(=O)N(C)C2)c1. The van der Waals surface area contributed by atoms with Crippen molar-refractivity contribution in [1.82, 2.24) is 15.5 Å². The van der Waals surface area contributed by atoms with Crippen molar-refractivity contribution in [3.05, 3.63) is 29.8 Å².